The Morgan fingerprint density at radius 1 is 1.15 bits per heavy atom. The molecule has 2 aliphatic heterocycles. The minimum Gasteiger partial charge on any atom is -0.396 e. The van der Waals surface area contributed by atoms with Crippen LogP contribution in [0, 0.1) is 18.3 Å². The molecule has 1 aromatic carbocycles. The standard InChI is InChI=1S/C30H42F3N3O4/c1-19-15-22(17-23(16-19)30(31,32)33)21(3)34(4)28(40)36-12-11-35-25(26(36)24-8-6-5-7-20(24)2)18-29(9-13-37,10-14-38)27(35)39/h5-8,15-16,21-22,25-27,37-39H,9-14,17-18H2,1-4H3/t21-,22?,25-,26?,27?/m0/s1. The fourth-order valence-electron chi connectivity index (χ4n) is 7.07. The van der Waals surface area contributed by atoms with Crippen molar-refractivity contribution in [3.63, 3.8) is 0 Å². The van der Waals surface area contributed by atoms with E-state index < -0.39 is 41.4 Å². The monoisotopic (exact) mass is 565 g/mol. The van der Waals surface area contributed by atoms with Crippen molar-refractivity contribution in [3.05, 3.63) is 58.7 Å². The molecule has 3 N–H and O–H groups in total. The van der Waals surface area contributed by atoms with Crippen LogP contribution < -0.4 is 0 Å². The molecule has 222 valence electrons. The van der Waals surface area contributed by atoms with Crippen molar-refractivity contribution in [2.45, 2.75) is 77.0 Å². The molecule has 5 atom stereocenters. The molecule has 1 aromatic rings. The van der Waals surface area contributed by atoms with Gasteiger partial charge in [0.1, 0.15) is 6.23 Å². The number of carbonyl (C=O) groups is 1. The smallest absolute Gasteiger partial charge is 0.396 e. The third-order valence-electron chi connectivity index (χ3n) is 9.41. The molecular formula is C30H42F3N3O4. The zero-order valence-electron chi connectivity index (χ0n) is 23.7. The van der Waals surface area contributed by atoms with E-state index in [4.69, 9.17) is 0 Å². The van der Waals surface area contributed by atoms with E-state index in [-0.39, 0.29) is 31.7 Å². The summed E-state index contributed by atoms with van der Waals surface area (Å²) in [6.45, 7) is 5.89. The van der Waals surface area contributed by atoms with E-state index in [1.165, 1.54) is 6.08 Å². The third kappa shape index (κ3) is 5.68. The van der Waals surface area contributed by atoms with Crippen LogP contribution in [0.3, 0.4) is 0 Å². The molecular weight excluding hydrogens is 523 g/mol. The van der Waals surface area contributed by atoms with Crippen molar-refractivity contribution in [2.75, 3.05) is 33.4 Å². The first-order valence-corrected chi connectivity index (χ1v) is 14.1. The van der Waals surface area contributed by atoms with Crippen LogP contribution in [0.5, 0.6) is 0 Å². The number of hydrogen-bond acceptors (Lipinski definition) is 5. The summed E-state index contributed by atoms with van der Waals surface area (Å²) in [4.78, 5) is 19.5. The summed E-state index contributed by atoms with van der Waals surface area (Å²) in [6.07, 6.45) is -1.34. The number of nitrogens with zero attached hydrogens (tertiary/aromatic N) is 3. The average molecular weight is 566 g/mol. The predicted octanol–water partition coefficient (Wildman–Crippen LogP) is 4.39. The predicted molar refractivity (Wildman–Crippen MR) is 146 cm³/mol. The topological polar surface area (TPSA) is 87.5 Å². The number of aryl methyl sites for hydroxylation is 1. The van der Waals surface area contributed by atoms with Gasteiger partial charge in [-0.1, -0.05) is 42.0 Å². The zero-order valence-corrected chi connectivity index (χ0v) is 23.7. The van der Waals surface area contributed by atoms with Crippen molar-refractivity contribution in [1.82, 2.24) is 14.7 Å². The molecule has 10 heteroatoms. The molecule has 2 saturated heterocycles. The maximum atomic E-state index is 14.2. The summed E-state index contributed by atoms with van der Waals surface area (Å²) in [5, 5.41) is 31.1. The summed E-state index contributed by atoms with van der Waals surface area (Å²) < 4.78 is 40.7. The van der Waals surface area contributed by atoms with Gasteiger partial charge in [0.05, 0.1) is 6.04 Å². The van der Waals surface area contributed by atoms with Crippen LogP contribution in [0.15, 0.2) is 47.6 Å². The highest BCUT2D eigenvalue weighted by molar-refractivity contribution is 5.75. The van der Waals surface area contributed by atoms with E-state index in [9.17, 15) is 33.3 Å². The van der Waals surface area contributed by atoms with E-state index in [1.807, 2.05) is 42.2 Å². The molecule has 0 aromatic heterocycles. The molecule has 0 radical (unpaired) electrons. The van der Waals surface area contributed by atoms with Crippen LogP contribution >= 0.6 is 0 Å². The molecule has 3 unspecified atom stereocenters. The molecule has 0 spiro atoms. The average Bonchev–Trinajstić information content (AvgIpc) is 3.18. The summed E-state index contributed by atoms with van der Waals surface area (Å²) in [6, 6.07) is 6.36. The van der Waals surface area contributed by atoms with Crippen molar-refractivity contribution < 1.29 is 33.3 Å². The highest BCUT2D eigenvalue weighted by Crippen LogP contribution is 2.51. The Morgan fingerprint density at radius 3 is 2.40 bits per heavy atom. The Hall–Kier alpha value is -2.40. The normalized spacial score (nSPS) is 27.6. The number of aliphatic hydroxyl groups is 3. The van der Waals surface area contributed by atoms with Crippen LogP contribution in [-0.2, 0) is 0 Å². The Balaban J connectivity index is 1.66. The van der Waals surface area contributed by atoms with E-state index >= 15 is 0 Å². The van der Waals surface area contributed by atoms with Gasteiger partial charge < -0.3 is 25.1 Å². The molecule has 0 bridgehead atoms. The van der Waals surface area contributed by atoms with Crippen LogP contribution in [0.25, 0.3) is 0 Å². The van der Waals surface area contributed by atoms with Crippen molar-refractivity contribution in [3.8, 4) is 0 Å². The molecule has 2 heterocycles. The number of halogens is 3. The highest BCUT2D eigenvalue weighted by Gasteiger charge is 2.56. The van der Waals surface area contributed by atoms with Crippen LogP contribution in [0.4, 0.5) is 18.0 Å². The van der Waals surface area contributed by atoms with Gasteiger partial charge in [-0.2, -0.15) is 13.2 Å². The summed E-state index contributed by atoms with van der Waals surface area (Å²) >= 11 is 0. The number of aliphatic hydroxyl groups excluding tert-OH is 3. The van der Waals surface area contributed by atoms with Gasteiger partial charge in [-0.3, -0.25) is 4.90 Å². The van der Waals surface area contributed by atoms with Gasteiger partial charge in [-0.15, -0.1) is 0 Å². The quantitative estimate of drug-likeness (QED) is 0.457. The minimum atomic E-state index is -4.42. The van der Waals surface area contributed by atoms with Crippen molar-refractivity contribution in [2.24, 2.45) is 11.3 Å². The Kier molecular flexibility index (Phi) is 9.04. The Morgan fingerprint density at radius 2 is 1.80 bits per heavy atom. The first-order chi connectivity index (χ1) is 18.8. The highest BCUT2D eigenvalue weighted by atomic mass is 19.4. The largest absolute Gasteiger partial charge is 0.412 e. The van der Waals surface area contributed by atoms with Gasteiger partial charge in [-0.25, -0.2) is 4.79 Å². The number of urea groups is 1. The second-order valence-corrected chi connectivity index (χ2v) is 11.8. The summed E-state index contributed by atoms with van der Waals surface area (Å²) in [5.41, 5.74) is 1.17. The second-order valence-electron chi connectivity index (χ2n) is 11.8. The van der Waals surface area contributed by atoms with Gasteiger partial charge in [0.2, 0.25) is 0 Å². The molecule has 40 heavy (non-hydrogen) atoms. The molecule has 3 aliphatic rings. The Labute approximate surface area is 234 Å². The Bertz CT molecular complexity index is 1130. The number of amides is 2. The van der Waals surface area contributed by atoms with Crippen LogP contribution in [-0.4, -0.2) is 93.9 Å². The van der Waals surface area contributed by atoms with Gasteiger partial charge in [-0.05, 0) is 57.6 Å². The maximum absolute atomic E-state index is 14.2. The summed E-state index contributed by atoms with van der Waals surface area (Å²) in [5.74, 6) is -0.483. The SMILES string of the molecule is CC1=CC([C@H](C)N(C)C(=O)N2CCN3C(O)C(CCO)(CCO)C[C@H]3C2c2ccccc2C)CC(C(F)(F)F)=C1. The molecule has 2 fully saturated rings. The first-order valence-electron chi connectivity index (χ1n) is 14.1. The van der Waals surface area contributed by atoms with Crippen molar-refractivity contribution in [1.29, 1.82) is 0 Å². The van der Waals surface area contributed by atoms with E-state index in [0.717, 1.165) is 11.1 Å². The van der Waals surface area contributed by atoms with Gasteiger partial charge in [0, 0.05) is 62.3 Å². The number of rotatable bonds is 7. The van der Waals surface area contributed by atoms with Gasteiger partial charge in [0.25, 0.3) is 0 Å². The first kappa shape index (κ1) is 30.6. The maximum Gasteiger partial charge on any atom is 0.412 e. The molecule has 0 saturated carbocycles. The lowest BCUT2D eigenvalue weighted by molar-refractivity contribution is -0.0958. The number of fused-ring (bicyclic) bond motifs is 1. The lowest BCUT2D eigenvalue weighted by Crippen LogP contribution is -2.59. The molecule has 2 amide bonds. The van der Waals surface area contributed by atoms with E-state index in [1.54, 1.807) is 30.7 Å². The lowest BCUT2D eigenvalue weighted by atomic mass is 9.76. The molecule has 7 nitrogen and oxygen atoms in total. The fraction of sp³-hybridized carbons (Fsp3) is 0.633. The van der Waals surface area contributed by atoms with E-state index in [2.05, 4.69) is 0 Å². The van der Waals surface area contributed by atoms with Crippen LogP contribution in [0.2, 0.25) is 0 Å². The van der Waals surface area contributed by atoms with Crippen LogP contribution in [0.1, 0.15) is 56.7 Å². The third-order valence-corrected chi connectivity index (χ3v) is 9.41. The van der Waals surface area contributed by atoms with Gasteiger partial charge in [0.15, 0.2) is 0 Å². The van der Waals surface area contributed by atoms with Crippen molar-refractivity contribution >= 4 is 6.03 Å². The zero-order chi connectivity index (χ0) is 29.4. The number of benzene rings is 1. The second kappa shape index (κ2) is 11.8. The summed E-state index contributed by atoms with van der Waals surface area (Å²) in [7, 11) is 1.65. The number of piperazine rings is 1. The fourth-order valence-corrected chi connectivity index (χ4v) is 7.07. The van der Waals surface area contributed by atoms with Gasteiger partial charge >= 0.3 is 12.2 Å². The molecule has 1 aliphatic carbocycles. The lowest BCUT2D eigenvalue weighted by Gasteiger charge is -2.48. The van der Waals surface area contributed by atoms with E-state index in [0.29, 0.717) is 37.9 Å². The number of hydrogen-bond donors (Lipinski definition) is 3. The number of carbonyl (C=O) groups excluding carboxylic acids is 1. The minimum absolute atomic E-state index is 0.127. The number of alkyl halides is 3. The number of allylic oxidation sites excluding steroid dienone is 3. The molecule has 4 rings (SSSR count).